The standard InChI is InChI=1S/C32H45N11O10S/c1-7-10-35-30(50)22(12-26(47)48)41-25(46)15-38-29(49)21(40-24(45)14-37-23(44)16-39-43-34)9-8-11-36-31(33)42-54(51,52)28-18(3)17(2)27-20(19(28)4)13-32(5,6)53-27/h1,21-22H,8-16H2,2-6H3,(H,35,50)(H,37,44)(H,38,49)(H,40,45)(H,41,46)(H,47,48)(H3,33,36,42)/t21-,22-/m0/s1. The number of nitrogens with zero attached hydrogens (tertiary/aromatic N) is 4. The van der Waals surface area contributed by atoms with Crippen molar-refractivity contribution in [3.8, 4) is 18.1 Å². The Morgan fingerprint density at radius 3 is 2.20 bits per heavy atom. The molecule has 1 aliphatic heterocycles. The number of ether oxygens (including phenoxy) is 1. The summed E-state index contributed by atoms with van der Waals surface area (Å²) in [6.45, 7) is 6.70. The smallest absolute Gasteiger partial charge is 0.305 e. The number of nitrogens with one attached hydrogen (secondary N) is 6. The molecular formula is C32H45N11O10S. The van der Waals surface area contributed by atoms with Crippen LogP contribution in [-0.2, 0) is 45.2 Å². The summed E-state index contributed by atoms with van der Waals surface area (Å²) in [6, 6.07) is -2.83. The number of hydrogen-bond donors (Lipinski definition) is 8. The number of carbonyl (C=O) groups excluding carboxylic acids is 5. The van der Waals surface area contributed by atoms with E-state index in [9.17, 15) is 37.2 Å². The van der Waals surface area contributed by atoms with Crippen molar-refractivity contribution >= 4 is 51.5 Å². The van der Waals surface area contributed by atoms with Crippen molar-refractivity contribution in [2.24, 2.45) is 15.8 Å². The fourth-order valence-electron chi connectivity index (χ4n) is 5.39. The van der Waals surface area contributed by atoms with Gasteiger partial charge in [-0.25, -0.2) is 13.1 Å². The minimum atomic E-state index is -4.19. The Kier molecular flexibility index (Phi) is 16.1. The van der Waals surface area contributed by atoms with Gasteiger partial charge in [-0.15, -0.1) is 6.42 Å². The zero-order valence-corrected chi connectivity index (χ0v) is 31.3. The third-order valence-corrected chi connectivity index (χ3v) is 9.55. The molecule has 9 N–H and O–H groups in total. The van der Waals surface area contributed by atoms with Crippen LogP contribution in [0, 0.1) is 33.1 Å². The molecule has 1 heterocycles. The maximum absolute atomic E-state index is 13.5. The number of terminal acetylenes is 1. The van der Waals surface area contributed by atoms with E-state index >= 15 is 0 Å². The summed E-state index contributed by atoms with van der Waals surface area (Å²) < 4.78 is 35.3. The van der Waals surface area contributed by atoms with Gasteiger partial charge in [0.05, 0.1) is 31.0 Å². The highest BCUT2D eigenvalue weighted by Gasteiger charge is 2.37. The maximum Gasteiger partial charge on any atom is 0.305 e. The van der Waals surface area contributed by atoms with Gasteiger partial charge in [-0.1, -0.05) is 11.0 Å². The average Bonchev–Trinajstić information content (AvgIpc) is 3.42. The fourth-order valence-corrected chi connectivity index (χ4v) is 6.91. The average molecular weight is 776 g/mol. The number of rotatable bonds is 19. The number of fused-ring (bicyclic) bond motifs is 1. The molecule has 22 heteroatoms. The summed E-state index contributed by atoms with van der Waals surface area (Å²) in [4.78, 5) is 79.8. The quantitative estimate of drug-likeness (QED) is 0.0151. The molecule has 1 aliphatic rings. The first kappa shape index (κ1) is 44.1. The molecule has 5 amide bonds. The monoisotopic (exact) mass is 775 g/mol. The molecule has 1 aromatic carbocycles. The molecule has 0 fully saturated rings. The highest BCUT2D eigenvalue weighted by Crippen LogP contribution is 2.43. The van der Waals surface area contributed by atoms with Crippen molar-refractivity contribution in [2.45, 2.75) is 82.9 Å². The molecular weight excluding hydrogens is 730 g/mol. The second-order valence-electron chi connectivity index (χ2n) is 12.7. The van der Waals surface area contributed by atoms with Crippen molar-refractivity contribution in [1.29, 1.82) is 0 Å². The number of sulfonamides is 1. The molecule has 0 unspecified atom stereocenters. The first-order chi connectivity index (χ1) is 25.2. The summed E-state index contributed by atoms with van der Waals surface area (Å²) in [5, 5.41) is 23.5. The topological polar surface area (TPSA) is 325 Å². The first-order valence-corrected chi connectivity index (χ1v) is 17.9. The summed E-state index contributed by atoms with van der Waals surface area (Å²) in [7, 11) is -4.19. The van der Waals surface area contributed by atoms with E-state index in [0.717, 1.165) is 5.56 Å². The molecule has 54 heavy (non-hydrogen) atoms. The molecule has 2 rings (SSSR count). The van der Waals surface area contributed by atoms with Gasteiger partial charge in [0, 0.05) is 23.4 Å². The van der Waals surface area contributed by atoms with Gasteiger partial charge in [-0.2, -0.15) is 0 Å². The van der Waals surface area contributed by atoms with Crippen LogP contribution in [0.1, 0.15) is 55.4 Å². The van der Waals surface area contributed by atoms with E-state index in [0.29, 0.717) is 28.9 Å². The second kappa shape index (κ2) is 19.7. The van der Waals surface area contributed by atoms with E-state index in [-0.39, 0.29) is 30.8 Å². The predicted octanol–water partition coefficient (Wildman–Crippen LogP) is -1.57. The zero-order chi connectivity index (χ0) is 40.8. The van der Waals surface area contributed by atoms with Crippen LogP contribution in [0.2, 0.25) is 0 Å². The normalized spacial score (nSPS) is 14.0. The third kappa shape index (κ3) is 13.2. The lowest BCUT2D eigenvalue weighted by Crippen LogP contribution is -2.53. The highest BCUT2D eigenvalue weighted by molar-refractivity contribution is 7.90. The van der Waals surface area contributed by atoms with Crippen molar-refractivity contribution in [1.82, 2.24) is 31.3 Å². The molecule has 294 valence electrons. The molecule has 2 atom stereocenters. The molecule has 0 radical (unpaired) electrons. The number of benzene rings is 1. The lowest BCUT2D eigenvalue weighted by Gasteiger charge is -2.20. The van der Waals surface area contributed by atoms with Crippen LogP contribution in [0.25, 0.3) is 10.4 Å². The first-order valence-electron chi connectivity index (χ1n) is 16.4. The van der Waals surface area contributed by atoms with E-state index in [1.807, 2.05) is 13.8 Å². The van der Waals surface area contributed by atoms with Crippen LogP contribution in [0.15, 0.2) is 15.0 Å². The number of nitrogens with two attached hydrogens (primary N) is 1. The largest absolute Gasteiger partial charge is 0.487 e. The number of aliphatic imine (C=N–C) groups is 1. The fraction of sp³-hybridized carbons (Fsp3) is 0.531. The van der Waals surface area contributed by atoms with Crippen LogP contribution < -0.4 is 41.8 Å². The van der Waals surface area contributed by atoms with Crippen molar-refractivity contribution in [2.75, 3.05) is 32.7 Å². The number of hydrogen-bond acceptors (Lipinski definition) is 11. The van der Waals surface area contributed by atoms with Gasteiger partial charge >= 0.3 is 5.97 Å². The molecule has 0 spiro atoms. The number of azide groups is 1. The van der Waals surface area contributed by atoms with E-state index < -0.39 is 95.2 Å². The van der Waals surface area contributed by atoms with Gasteiger partial charge in [-0.3, -0.25) is 33.8 Å². The number of carboxylic acids is 1. The van der Waals surface area contributed by atoms with Gasteiger partial charge in [0.15, 0.2) is 0 Å². The van der Waals surface area contributed by atoms with Crippen LogP contribution in [-0.4, -0.2) is 105 Å². The van der Waals surface area contributed by atoms with E-state index in [2.05, 4.69) is 52.2 Å². The second-order valence-corrected chi connectivity index (χ2v) is 14.3. The minimum absolute atomic E-state index is 0.0503. The Morgan fingerprint density at radius 2 is 1.59 bits per heavy atom. The molecule has 0 saturated carbocycles. The molecule has 0 aromatic heterocycles. The summed E-state index contributed by atoms with van der Waals surface area (Å²) in [6.07, 6.45) is 4.75. The van der Waals surface area contributed by atoms with Gasteiger partial charge < -0.3 is 42.2 Å². The number of guanidine groups is 1. The Hall–Kier alpha value is -6.07. The third-order valence-electron chi connectivity index (χ3n) is 7.93. The molecule has 1 aromatic rings. The van der Waals surface area contributed by atoms with Gasteiger partial charge in [0.1, 0.15) is 30.0 Å². The predicted molar refractivity (Wildman–Crippen MR) is 193 cm³/mol. The summed E-state index contributed by atoms with van der Waals surface area (Å²) in [5.74, 6) is -3.33. The van der Waals surface area contributed by atoms with Crippen LogP contribution in [0.5, 0.6) is 5.75 Å². The van der Waals surface area contributed by atoms with Crippen molar-refractivity contribution in [3.63, 3.8) is 0 Å². The molecule has 0 saturated heterocycles. The van der Waals surface area contributed by atoms with Crippen molar-refractivity contribution in [3.05, 3.63) is 32.7 Å². The van der Waals surface area contributed by atoms with E-state index in [1.165, 1.54) is 0 Å². The summed E-state index contributed by atoms with van der Waals surface area (Å²) >= 11 is 0. The van der Waals surface area contributed by atoms with Crippen LogP contribution in [0.3, 0.4) is 0 Å². The Labute approximate surface area is 311 Å². The van der Waals surface area contributed by atoms with Gasteiger partial charge in [-0.05, 0) is 69.7 Å². The zero-order valence-electron chi connectivity index (χ0n) is 30.5. The van der Waals surface area contributed by atoms with Gasteiger partial charge in [0.25, 0.3) is 10.0 Å². The van der Waals surface area contributed by atoms with Crippen LogP contribution in [0.4, 0.5) is 0 Å². The number of carboxylic acid groups (broad SMARTS) is 1. The van der Waals surface area contributed by atoms with Crippen LogP contribution >= 0.6 is 0 Å². The Morgan fingerprint density at radius 1 is 0.981 bits per heavy atom. The van der Waals surface area contributed by atoms with E-state index in [4.69, 9.17) is 27.5 Å². The number of amides is 5. The summed E-state index contributed by atoms with van der Waals surface area (Å²) in [5.41, 5.74) is 16.3. The lowest BCUT2D eigenvalue weighted by molar-refractivity contribution is -0.140. The van der Waals surface area contributed by atoms with Gasteiger partial charge in [0.2, 0.25) is 35.5 Å². The minimum Gasteiger partial charge on any atom is -0.487 e. The maximum atomic E-state index is 13.5. The molecule has 0 aliphatic carbocycles. The highest BCUT2D eigenvalue weighted by atomic mass is 32.2. The SMILES string of the molecule is C#CCNC(=O)[C@H](CC(=O)O)NC(=O)CNC(=O)[C@H](CCCN=C(N)NS(=O)(=O)c1c(C)c(C)c2c(c1C)CC(C)(C)O2)NC(=O)CNC(=O)CN=[N+]=[N-]. The van der Waals surface area contributed by atoms with Crippen molar-refractivity contribution < 1.29 is 47.0 Å². The Balaban J connectivity index is 2.13. The lowest BCUT2D eigenvalue weighted by atomic mass is 9.94. The number of carbonyl (C=O) groups is 6. The molecule has 21 nitrogen and oxygen atoms in total. The van der Waals surface area contributed by atoms with E-state index in [1.54, 1.807) is 20.8 Å². The number of aliphatic carboxylic acids is 1. The Bertz CT molecular complexity index is 1880. The molecule has 0 bridgehead atoms.